The molecule has 1 fully saturated rings. The van der Waals surface area contributed by atoms with Crippen LogP contribution >= 0.6 is 0 Å². The van der Waals surface area contributed by atoms with Gasteiger partial charge >= 0.3 is 0 Å². The molecule has 2 aliphatic carbocycles. The zero-order valence-electron chi connectivity index (χ0n) is 17.1. The third-order valence-corrected chi connectivity index (χ3v) is 6.28. The summed E-state index contributed by atoms with van der Waals surface area (Å²) in [5, 5.41) is 7.00. The summed E-state index contributed by atoms with van der Waals surface area (Å²) >= 11 is 0. The molecule has 2 nitrogen and oxygen atoms in total. The molecule has 1 aromatic rings. The van der Waals surface area contributed by atoms with Gasteiger partial charge in [-0.15, -0.1) is 0 Å². The van der Waals surface area contributed by atoms with Gasteiger partial charge in [0.15, 0.2) is 0 Å². The van der Waals surface area contributed by atoms with Crippen LogP contribution < -0.4 is 5.73 Å². The van der Waals surface area contributed by atoms with Crippen LogP contribution in [0.15, 0.2) is 30.4 Å². The first-order valence-corrected chi connectivity index (χ1v) is 10.5. The van der Waals surface area contributed by atoms with Gasteiger partial charge in [0.1, 0.15) is 0 Å². The van der Waals surface area contributed by atoms with E-state index in [1.165, 1.54) is 57.8 Å². The molecule has 2 aliphatic rings. The van der Waals surface area contributed by atoms with Crippen LogP contribution in [0.2, 0.25) is 0 Å². The van der Waals surface area contributed by atoms with E-state index in [2.05, 4.69) is 44.2 Å². The molecule has 3 N–H and O–H groups in total. The van der Waals surface area contributed by atoms with Crippen molar-refractivity contribution in [3.63, 3.8) is 0 Å². The summed E-state index contributed by atoms with van der Waals surface area (Å²) in [7, 11) is 1.00. The minimum absolute atomic E-state index is 0.0542. The van der Waals surface area contributed by atoms with E-state index in [0.29, 0.717) is 5.92 Å². The van der Waals surface area contributed by atoms with Crippen molar-refractivity contribution in [3.05, 3.63) is 47.0 Å². The SMILES string of the molecule is C/C=C/CCCC[C@H]1CCc2cc([C@H]3CC[C@@](C)(N)C3)ccc2C1.CO. The van der Waals surface area contributed by atoms with Crippen LogP contribution in [0.1, 0.15) is 87.8 Å². The van der Waals surface area contributed by atoms with Gasteiger partial charge in [-0.05, 0) is 93.7 Å². The smallest absolute Gasteiger partial charge is 0.0319 e. The predicted octanol–water partition coefficient (Wildman–Crippen LogP) is 5.52. The van der Waals surface area contributed by atoms with Gasteiger partial charge in [-0.25, -0.2) is 0 Å². The number of rotatable bonds is 6. The second kappa shape index (κ2) is 10.3. The summed E-state index contributed by atoms with van der Waals surface area (Å²) in [5.74, 6) is 1.60. The summed E-state index contributed by atoms with van der Waals surface area (Å²) in [6.45, 7) is 4.33. The number of hydrogen-bond donors (Lipinski definition) is 2. The molecule has 3 rings (SSSR count). The van der Waals surface area contributed by atoms with Crippen LogP contribution in [0.4, 0.5) is 0 Å². The number of nitrogens with two attached hydrogens (primary N) is 1. The number of benzene rings is 1. The van der Waals surface area contributed by atoms with Gasteiger partial charge in [-0.2, -0.15) is 0 Å². The number of fused-ring (bicyclic) bond motifs is 1. The molecule has 0 heterocycles. The average Bonchev–Trinajstić information content (AvgIpc) is 3.02. The Kier molecular flexibility index (Phi) is 8.37. The highest BCUT2D eigenvalue weighted by molar-refractivity contribution is 5.36. The molecule has 26 heavy (non-hydrogen) atoms. The van der Waals surface area contributed by atoms with E-state index in [-0.39, 0.29) is 5.54 Å². The molecular formula is C24H39NO. The fourth-order valence-electron chi connectivity index (χ4n) is 4.77. The Hall–Kier alpha value is -1.12. The Morgan fingerprint density at radius 2 is 2.00 bits per heavy atom. The highest BCUT2D eigenvalue weighted by Gasteiger charge is 2.32. The molecule has 0 amide bonds. The molecule has 146 valence electrons. The molecule has 0 aliphatic heterocycles. The van der Waals surface area contributed by atoms with E-state index >= 15 is 0 Å². The van der Waals surface area contributed by atoms with Crippen LogP contribution in [0.5, 0.6) is 0 Å². The van der Waals surface area contributed by atoms with Crippen molar-refractivity contribution in [2.45, 2.75) is 89.5 Å². The lowest BCUT2D eigenvalue weighted by Crippen LogP contribution is -2.32. The minimum Gasteiger partial charge on any atom is -0.400 e. The number of aryl methyl sites for hydroxylation is 1. The van der Waals surface area contributed by atoms with E-state index in [1.54, 1.807) is 16.7 Å². The first kappa shape index (κ1) is 21.2. The van der Waals surface area contributed by atoms with Gasteiger partial charge in [0, 0.05) is 12.6 Å². The first-order chi connectivity index (χ1) is 12.6. The van der Waals surface area contributed by atoms with Crippen LogP contribution in [-0.4, -0.2) is 17.8 Å². The number of aliphatic hydroxyl groups is 1. The molecular weight excluding hydrogens is 318 g/mol. The summed E-state index contributed by atoms with van der Waals surface area (Å²) < 4.78 is 0. The fraction of sp³-hybridized carbons (Fsp3) is 0.667. The number of unbranched alkanes of at least 4 members (excludes halogenated alkanes) is 2. The Morgan fingerprint density at radius 3 is 2.69 bits per heavy atom. The van der Waals surface area contributed by atoms with Crippen molar-refractivity contribution in [2.75, 3.05) is 7.11 Å². The van der Waals surface area contributed by atoms with Crippen LogP contribution in [0.25, 0.3) is 0 Å². The Balaban J connectivity index is 0.00000117. The highest BCUT2D eigenvalue weighted by Crippen LogP contribution is 2.40. The van der Waals surface area contributed by atoms with Crippen molar-refractivity contribution < 1.29 is 5.11 Å². The van der Waals surface area contributed by atoms with Gasteiger partial charge in [0.25, 0.3) is 0 Å². The quantitative estimate of drug-likeness (QED) is 0.520. The molecule has 0 unspecified atom stereocenters. The maximum Gasteiger partial charge on any atom is 0.0319 e. The first-order valence-electron chi connectivity index (χ1n) is 10.5. The zero-order valence-corrected chi connectivity index (χ0v) is 17.1. The molecule has 0 saturated heterocycles. The normalized spacial score (nSPS) is 27.9. The van der Waals surface area contributed by atoms with E-state index in [9.17, 15) is 0 Å². The van der Waals surface area contributed by atoms with Gasteiger partial charge in [0.2, 0.25) is 0 Å². The van der Waals surface area contributed by atoms with Crippen LogP contribution in [-0.2, 0) is 12.8 Å². The van der Waals surface area contributed by atoms with Gasteiger partial charge in [0.05, 0.1) is 0 Å². The minimum atomic E-state index is 0.0542. The second-order valence-corrected chi connectivity index (χ2v) is 8.58. The maximum absolute atomic E-state index is 7.00. The predicted molar refractivity (Wildman–Crippen MR) is 113 cm³/mol. The fourth-order valence-corrected chi connectivity index (χ4v) is 4.77. The summed E-state index contributed by atoms with van der Waals surface area (Å²) in [5.41, 5.74) is 11.2. The zero-order chi connectivity index (χ0) is 19.0. The Labute approximate surface area is 160 Å². The lowest BCUT2D eigenvalue weighted by atomic mass is 9.79. The van der Waals surface area contributed by atoms with Crippen LogP contribution in [0.3, 0.4) is 0 Å². The van der Waals surface area contributed by atoms with Crippen molar-refractivity contribution >= 4 is 0 Å². The number of aliphatic hydroxyl groups excluding tert-OH is 1. The molecule has 2 heteroatoms. The lowest BCUT2D eigenvalue weighted by molar-refractivity contribution is 0.399. The third kappa shape index (κ3) is 5.96. The molecule has 0 spiro atoms. The third-order valence-electron chi connectivity index (χ3n) is 6.28. The number of allylic oxidation sites excluding steroid dienone is 2. The molecule has 1 aromatic carbocycles. The van der Waals surface area contributed by atoms with E-state index in [4.69, 9.17) is 10.8 Å². The summed E-state index contributed by atoms with van der Waals surface area (Å²) in [6, 6.07) is 7.35. The second-order valence-electron chi connectivity index (χ2n) is 8.58. The molecule has 0 bridgehead atoms. The topological polar surface area (TPSA) is 46.2 Å². The van der Waals surface area contributed by atoms with E-state index < -0.39 is 0 Å². The standard InChI is InChI=1S/C23H35N.CH4O/c1-3-4-5-6-7-8-18-9-10-20-16-21(12-11-19(20)15-18)22-13-14-23(2,24)17-22;1-2/h3-4,11-12,16,18,22H,5-10,13-15,17,24H2,1-2H3;2H,1H3/b4-3+;/t18-,22-,23+;/m0./s1. The summed E-state index contributed by atoms with van der Waals surface area (Å²) in [4.78, 5) is 0. The van der Waals surface area contributed by atoms with Crippen molar-refractivity contribution in [1.29, 1.82) is 0 Å². The molecule has 0 aromatic heterocycles. The Morgan fingerprint density at radius 1 is 1.19 bits per heavy atom. The number of hydrogen-bond acceptors (Lipinski definition) is 2. The van der Waals surface area contributed by atoms with Crippen LogP contribution in [0, 0.1) is 5.92 Å². The Bertz CT molecular complexity index is 576. The largest absolute Gasteiger partial charge is 0.400 e. The van der Waals surface area contributed by atoms with Crippen molar-refractivity contribution in [1.82, 2.24) is 0 Å². The summed E-state index contributed by atoms with van der Waals surface area (Å²) in [6.07, 6.45) is 17.4. The van der Waals surface area contributed by atoms with E-state index in [1.807, 2.05) is 0 Å². The van der Waals surface area contributed by atoms with Gasteiger partial charge in [-0.3, -0.25) is 0 Å². The van der Waals surface area contributed by atoms with Gasteiger partial charge < -0.3 is 10.8 Å². The monoisotopic (exact) mass is 357 g/mol. The van der Waals surface area contributed by atoms with Crippen molar-refractivity contribution in [3.8, 4) is 0 Å². The maximum atomic E-state index is 7.00. The lowest BCUT2D eigenvalue weighted by Gasteiger charge is -2.26. The van der Waals surface area contributed by atoms with E-state index in [0.717, 1.165) is 19.4 Å². The molecule has 0 radical (unpaired) electrons. The van der Waals surface area contributed by atoms with Crippen molar-refractivity contribution in [2.24, 2.45) is 11.7 Å². The molecule has 1 saturated carbocycles. The molecule has 3 atom stereocenters. The van der Waals surface area contributed by atoms with Gasteiger partial charge in [-0.1, -0.05) is 43.2 Å². The average molecular weight is 358 g/mol. The highest BCUT2D eigenvalue weighted by atomic mass is 16.2.